The molecular weight excluding hydrogens is 344 g/mol. The number of nitrogens with zero attached hydrogens (tertiary/aromatic N) is 6. The second-order valence-corrected chi connectivity index (χ2v) is 6.78. The van der Waals surface area contributed by atoms with Crippen LogP contribution in [-0.4, -0.2) is 72.1 Å². The molecule has 0 spiro atoms. The van der Waals surface area contributed by atoms with Crippen molar-refractivity contribution in [2.24, 2.45) is 0 Å². The molecule has 2 heterocycles. The van der Waals surface area contributed by atoms with Crippen LogP contribution in [0.4, 0.5) is 5.69 Å². The van der Waals surface area contributed by atoms with Gasteiger partial charge >= 0.3 is 0 Å². The summed E-state index contributed by atoms with van der Waals surface area (Å²) >= 11 is 0. The van der Waals surface area contributed by atoms with Gasteiger partial charge in [0, 0.05) is 45.0 Å². The SMILES string of the molecule is CCC[C@@H](c1nnnn1CCOC)N1CCN(c2cccc(OC)c2)CC1. The van der Waals surface area contributed by atoms with Crippen molar-refractivity contribution in [3.8, 4) is 5.75 Å². The Hall–Kier alpha value is -2.19. The van der Waals surface area contributed by atoms with Crippen molar-refractivity contribution in [1.82, 2.24) is 25.1 Å². The molecule has 0 unspecified atom stereocenters. The first-order valence-corrected chi connectivity index (χ1v) is 9.64. The highest BCUT2D eigenvalue weighted by Crippen LogP contribution is 2.27. The van der Waals surface area contributed by atoms with E-state index >= 15 is 0 Å². The molecule has 0 saturated carbocycles. The molecule has 27 heavy (non-hydrogen) atoms. The van der Waals surface area contributed by atoms with Gasteiger partial charge in [0.15, 0.2) is 5.82 Å². The lowest BCUT2D eigenvalue weighted by molar-refractivity contribution is 0.153. The van der Waals surface area contributed by atoms with Crippen LogP contribution in [0.2, 0.25) is 0 Å². The highest BCUT2D eigenvalue weighted by atomic mass is 16.5. The first-order valence-electron chi connectivity index (χ1n) is 9.64. The van der Waals surface area contributed by atoms with Crippen molar-refractivity contribution < 1.29 is 9.47 Å². The molecule has 0 radical (unpaired) electrons. The number of aromatic nitrogens is 4. The zero-order valence-electron chi connectivity index (χ0n) is 16.5. The molecule has 1 aromatic carbocycles. The van der Waals surface area contributed by atoms with E-state index in [4.69, 9.17) is 9.47 Å². The Kier molecular flexibility index (Phi) is 7.00. The van der Waals surface area contributed by atoms with Crippen molar-refractivity contribution in [2.75, 3.05) is 51.9 Å². The standard InChI is InChI=1S/C19H30N6O2/c1-4-6-18(19-20-21-22-25(19)13-14-26-2)24-11-9-23(10-12-24)16-7-5-8-17(15-16)27-3/h5,7-8,15,18H,4,6,9-14H2,1-3H3/t18-/m0/s1. The topological polar surface area (TPSA) is 68.5 Å². The zero-order valence-corrected chi connectivity index (χ0v) is 16.5. The maximum Gasteiger partial charge on any atom is 0.168 e. The largest absolute Gasteiger partial charge is 0.497 e. The molecule has 1 fully saturated rings. The Morgan fingerprint density at radius 2 is 1.96 bits per heavy atom. The minimum atomic E-state index is 0.245. The van der Waals surface area contributed by atoms with Crippen molar-refractivity contribution in [3.05, 3.63) is 30.1 Å². The zero-order chi connectivity index (χ0) is 19.1. The van der Waals surface area contributed by atoms with Crippen LogP contribution in [0, 0.1) is 0 Å². The van der Waals surface area contributed by atoms with Gasteiger partial charge in [-0.1, -0.05) is 19.4 Å². The number of tetrazole rings is 1. The highest BCUT2D eigenvalue weighted by molar-refractivity contribution is 5.51. The number of anilines is 1. The van der Waals surface area contributed by atoms with Gasteiger partial charge in [0.25, 0.3) is 0 Å². The molecule has 8 heteroatoms. The molecule has 8 nitrogen and oxygen atoms in total. The van der Waals surface area contributed by atoms with Gasteiger partial charge < -0.3 is 14.4 Å². The van der Waals surface area contributed by atoms with Gasteiger partial charge in [-0.15, -0.1) is 5.10 Å². The van der Waals surface area contributed by atoms with Crippen molar-refractivity contribution in [2.45, 2.75) is 32.4 Å². The van der Waals surface area contributed by atoms with Gasteiger partial charge in [-0.3, -0.25) is 4.90 Å². The minimum absolute atomic E-state index is 0.245. The predicted octanol–water partition coefficient (Wildman–Crippen LogP) is 1.99. The maximum absolute atomic E-state index is 5.36. The molecule has 0 aliphatic carbocycles. The molecule has 1 aromatic heterocycles. The Morgan fingerprint density at radius 3 is 2.67 bits per heavy atom. The number of methoxy groups -OCH3 is 2. The molecule has 1 saturated heterocycles. The van der Waals surface area contributed by atoms with Crippen LogP contribution < -0.4 is 9.64 Å². The first kappa shape index (κ1) is 19.6. The second kappa shape index (κ2) is 9.66. The molecule has 2 aromatic rings. The van der Waals surface area contributed by atoms with Crippen LogP contribution >= 0.6 is 0 Å². The van der Waals surface area contributed by atoms with Gasteiger partial charge in [-0.05, 0) is 29.0 Å². The summed E-state index contributed by atoms with van der Waals surface area (Å²) in [6.45, 7) is 7.43. The summed E-state index contributed by atoms with van der Waals surface area (Å²) in [6, 6.07) is 8.52. The van der Waals surface area contributed by atoms with E-state index in [9.17, 15) is 0 Å². The maximum atomic E-state index is 5.36. The molecular formula is C19H30N6O2. The summed E-state index contributed by atoms with van der Waals surface area (Å²) in [5.41, 5.74) is 1.21. The van der Waals surface area contributed by atoms with Crippen LogP contribution in [0.25, 0.3) is 0 Å². The smallest absolute Gasteiger partial charge is 0.168 e. The average molecular weight is 374 g/mol. The Bertz CT molecular complexity index is 699. The third-order valence-electron chi connectivity index (χ3n) is 5.10. The molecule has 1 atom stereocenters. The number of hydrogen-bond acceptors (Lipinski definition) is 7. The van der Waals surface area contributed by atoms with Crippen molar-refractivity contribution >= 4 is 5.69 Å². The second-order valence-electron chi connectivity index (χ2n) is 6.78. The molecule has 0 bridgehead atoms. The third-order valence-corrected chi connectivity index (χ3v) is 5.10. The molecule has 0 amide bonds. The van der Waals surface area contributed by atoms with Gasteiger partial charge in [0.1, 0.15) is 5.75 Å². The summed E-state index contributed by atoms with van der Waals surface area (Å²) in [6.07, 6.45) is 2.14. The first-order chi connectivity index (χ1) is 13.3. The summed E-state index contributed by atoms with van der Waals surface area (Å²) in [5.74, 6) is 1.85. The average Bonchev–Trinajstić information content (AvgIpc) is 3.19. The van der Waals surface area contributed by atoms with Crippen molar-refractivity contribution in [1.29, 1.82) is 0 Å². The minimum Gasteiger partial charge on any atom is -0.497 e. The molecule has 0 N–H and O–H groups in total. The summed E-state index contributed by atoms with van der Waals surface area (Å²) in [4.78, 5) is 4.92. The quantitative estimate of drug-likeness (QED) is 0.665. The van der Waals surface area contributed by atoms with Gasteiger partial charge in [0.2, 0.25) is 0 Å². The van der Waals surface area contributed by atoms with Crippen molar-refractivity contribution in [3.63, 3.8) is 0 Å². The van der Waals surface area contributed by atoms with Crippen LogP contribution in [0.15, 0.2) is 24.3 Å². The fourth-order valence-corrected chi connectivity index (χ4v) is 3.63. The number of hydrogen-bond donors (Lipinski definition) is 0. The number of ether oxygens (including phenoxy) is 2. The summed E-state index contributed by atoms with van der Waals surface area (Å²) in [5, 5.41) is 12.4. The van der Waals surface area contributed by atoms with E-state index in [1.54, 1.807) is 14.2 Å². The van der Waals surface area contributed by atoms with E-state index in [-0.39, 0.29) is 6.04 Å². The Balaban J connectivity index is 1.67. The fraction of sp³-hybridized carbons (Fsp3) is 0.632. The lowest BCUT2D eigenvalue weighted by Crippen LogP contribution is -2.48. The van der Waals surface area contributed by atoms with Gasteiger partial charge in [-0.25, -0.2) is 4.68 Å². The van der Waals surface area contributed by atoms with Crippen LogP contribution in [0.1, 0.15) is 31.6 Å². The highest BCUT2D eigenvalue weighted by Gasteiger charge is 2.28. The summed E-state index contributed by atoms with van der Waals surface area (Å²) < 4.78 is 12.4. The molecule has 1 aliphatic rings. The predicted molar refractivity (Wildman–Crippen MR) is 104 cm³/mol. The van der Waals surface area contributed by atoms with Crippen LogP contribution in [0.5, 0.6) is 5.75 Å². The molecule has 148 valence electrons. The van der Waals surface area contributed by atoms with Gasteiger partial charge in [0.05, 0.1) is 26.3 Å². The summed E-state index contributed by atoms with van der Waals surface area (Å²) in [7, 11) is 3.41. The Morgan fingerprint density at radius 1 is 1.15 bits per heavy atom. The van der Waals surface area contributed by atoms with Crippen LogP contribution in [-0.2, 0) is 11.3 Å². The lowest BCUT2D eigenvalue weighted by atomic mass is 10.1. The third kappa shape index (κ3) is 4.75. The molecule has 3 rings (SSSR count). The van der Waals surface area contributed by atoms with E-state index in [0.717, 1.165) is 50.6 Å². The van der Waals surface area contributed by atoms with E-state index in [2.05, 4.69) is 44.4 Å². The number of piperazine rings is 1. The van der Waals surface area contributed by atoms with E-state index in [1.165, 1.54) is 5.69 Å². The van der Waals surface area contributed by atoms with E-state index in [1.807, 2.05) is 16.8 Å². The molecule has 1 aliphatic heterocycles. The number of benzene rings is 1. The monoisotopic (exact) mass is 374 g/mol. The van der Waals surface area contributed by atoms with E-state index < -0.39 is 0 Å². The Labute approximate surface area is 161 Å². The normalized spacial score (nSPS) is 16.5. The van der Waals surface area contributed by atoms with Gasteiger partial charge in [-0.2, -0.15) is 0 Å². The fourth-order valence-electron chi connectivity index (χ4n) is 3.63. The lowest BCUT2D eigenvalue weighted by Gasteiger charge is -2.39. The van der Waals surface area contributed by atoms with Crippen LogP contribution in [0.3, 0.4) is 0 Å². The number of rotatable bonds is 9. The van der Waals surface area contributed by atoms with E-state index in [0.29, 0.717) is 13.2 Å².